The summed E-state index contributed by atoms with van der Waals surface area (Å²) in [6.07, 6.45) is 1.96. The summed E-state index contributed by atoms with van der Waals surface area (Å²) in [4.78, 5) is 16.9. The predicted molar refractivity (Wildman–Crippen MR) is 122 cm³/mol. The third-order valence-electron chi connectivity index (χ3n) is 5.24. The molecule has 0 unspecified atom stereocenters. The Labute approximate surface area is 183 Å². The molecule has 0 atom stereocenters. The summed E-state index contributed by atoms with van der Waals surface area (Å²) in [6.45, 7) is 4.53. The van der Waals surface area contributed by atoms with E-state index in [0.717, 1.165) is 31.7 Å². The number of piperazine rings is 1. The van der Waals surface area contributed by atoms with Crippen LogP contribution in [-0.4, -0.2) is 71.1 Å². The van der Waals surface area contributed by atoms with Gasteiger partial charge in [0.25, 0.3) is 0 Å². The number of carbonyl (C=O) groups excluding carboxylic acids is 1. The fourth-order valence-electron chi connectivity index (χ4n) is 3.54. The number of nitrogens with zero attached hydrogens (tertiary/aromatic N) is 3. The number of para-hydroxylation sites is 1. The van der Waals surface area contributed by atoms with Gasteiger partial charge in [-0.25, -0.2) is 5.43 Å². The molecule has 2 aromatic rings. The molecule has 3 rings (SSSR count). The van der Waals surface area contributed by atoms with Crippen molar-refractivity contribution in [2.24, 2.45) is 5.10 Å². The quantitative estimate of drug-likeness (QED) is 0.490. The molecule has 8 heteroatoms. The molecule has 0 spiro atoms. The molecule has 1 fully saturated rings. The van der Waals surface area contributed by atoms with E-state index in [4.69, 9.17) is 14.2 Å². The van der Waals surface area contributed by atoms with Crippen molar-refractivity contribution >= 4 is 17.8 Å². The number of hydrogen-bond donors (Lipinski definition) is 1. The zero-order chi connectivity index (χ0) is 22.1. The van der Waals surface area contributed by atoms with Gasteiger partial charge in [-0.1, -0.05) is 18.2 Å². The Kier molecular flexibility index (Phi) is 8.12. The lowest BCUT2D eigenvalue weighted by atomic mass is 10.2. The standard InChI is InChI=1S/C23H30N4O4/c1-29-20-15-18(16-21(30-2)23(20)31-3)17-24-25-22(28)9-10-26-11-13-27(14-12-26)19-7-5-4-6-8-19/h4-8,15-17H,9-14H2,1-3H3,(H,25,28). The molecule has 2 aromatic carbocycles. The van der Waals surface area contributed by atoms with E-state index in [-0.39, 0.29) is 5.91 Å². The number of amides is 1. The Bertz CT molecular complexity index is 855. The van der Waals surface area contributed by atoms with Gasteiger partial charge in [0.1, 0.15) is 0 Å². The number of anilines is 1. The predicted octanol–water partition coefficient (Wildman–Crippen LogP) is 2.37. The van der Waals surface area contributed by atoms with Crippen LogP contribution >= 0.6 is 0 Å². The summed E-state index contributed by atoms with van der Waals surface area (Å²) in [5, 5.41) is 4.06. The van der Waals surface area contributed by atoms with Gasteiger partial charge in [-0.3, -0.25) is 9.69 Å². The van der Waals surface area contributed by atoms with Gasteiger partial charge in [0.15, 0.2) is 11.5 Å². The first kappa shape index (κ1) is 22.4. The van der Waals surface area contributed by atoms with Crippen molar-refractivity contribution < 1.29 is 19.0 Å². The summed E-state index contributed by atoms with van der Waals surface area (Å²) >= 11 is 0. The fraction of sp³-hybridized carbons (Fsp3) is 0.391. The van der Waals surface area contributed by atoms with Crippen molar-refractivity contribution in [2.45, 2.75) is 6.42 Å². The van der Waals surface area contributed by atoms with Gasteiger partial charge >= 0.3 is 0 Å². The van der Waals surface area contributed by atoms with Crippen molar-refractivity contribution in [3.05, 3.63) is 48.0 Å². The van der Waals surface area contributed by atoms with Crippen LogP contribution in [0.2, 0.25) is 0 Å². The minimum atomic E-state index is -0.116. The van der Waals surface area contributed by atoms with E-state index >= 15 is 0 Å². The summed E-state index contributed by atoms with van der Waals surface area (Å²) in [7, 11) is 4.66. The Morgan fingerprint density at radius 2 is 1.65 bits per heavy atom. The third kappa shape index (κ3) is 6.11. The number of ether oxygens (including phenoxy) is 3. The van der Waals surface area contributed by atoms with Crippen molar-refractivity contribution in [3.8, 4) is 17.2 Å². The number of rotatable bonds is 9. The van der Waals surface area contributed by atoms with Crippen LogP contribution < -0.4 is 24.5 Å². The minimum Gasteiger partial charge on any atom is -0.493 e. The normalized spacial score (nSPS) is 14.5. The summed E-state index contributed by atoms with van der Waals surface area (Å²) in [5.41, 5.74) is 4.57. The molecule has 1 amide bonds. The summed E-state index contributed by atoms with van der Waals surface area (Å²) in [6, 6.07) is 14.0. The smallest absolute Gasteiger partial charge is 0.241 e. The van der Waals surface area contributed by atoms with Crippen LogP contribution in [0.3, 0.4) is 0 Å². The summed E-state index contributed by atoms with van der Waals surface area (Å²) in [5.74, 6) is 1.46. The number of carbonyl (C=O) groups is 1. The molecule has 0 aromatic heterocycles. The van der Waals surface area contributed by atoms with Crippen molar-refractivity contribution in [1.82, 2.24) is 10.3 Å². The molecule has 0 saturated carbocycles. The molecule has 1 aliphatic rings. The van der Waals surface area contributed by atoms with E-state index in [0.29, 0.717) is 30.2 Å². The molecule has 1 N–H and O–H groups in total. The number of hydrazone groups is 1. The van der Waals surface area contributed by atoms with E-state index < -0.39 is 0 Å². The molecule has 0 bridgehead atoms. The minimum absolute atomic E-state index is 0.116. The lowest BCUT2D eigenvalue weighted by Crippen LogP contribution is -2.47. The van der Waals surface area contributed by atoms with Crippen LogP contribution in [0.4, 0.5) is 5.69 Å². The third-order valence-corrected chi connectivity index (χ3v) is 5.24. The molecular formula is C23H30N4O4. The van der Waals surface area contributed by atoms with Gasteiger partial charge in [-0.05, 0) is 24.3 Å². The Balaban J connectivity index is 1.44. The highest BCUT2D eigenvalue weighted by atomic mass is 16.5. The first-order valence-corrected chi connectivity index (χ1v) is 10.3. The highest BCUT2D eigenvalue weighted by molar-refractivity contribution is 5.84. The van der Waals surface area contributed by atoms with Gasteiger partial charge in [-0.2, -0.15) is 5.10 Å². The van der Waals surface area contributed by atoms with E-state index in [2.05, 4.69) is 44.6 Å². The Morgan fingerprint density at radius 3 is 2.23 bits per heavy atom. The molecule has 31 heavy (non-hydrogen) atoms. The molecule has 0 radical (unpaired) electrons. The second-order valence-electron chi connectivity index (χ2n) is 7.17. The average Bonchev–Trinajstić information content (AvgIpc) is 2.83. The van der Waals surface area contributed by atoms with Crippen LogP contribution in [0.5, 0.6) is 17.2 Å². The second-order valence-corrected chi connectivity index (χ2v) is 7.17. The molecule has 1 saturated heterocycles. The lowest BCUT2D eigenvalue weighted by Gasteiger charge is -2.36. The number of nitrogens with one attached hydrogen (secondary N) is 1. The number of benzene rings is 2. The van der Waals surface area contributed by atoms with Gasteiger partial charge < -0.3 is 19.1 Å². The lowest BCUT2D eigenvalue weighted by molar-refractivity contribution is -0.121. The molecule has 166 valence electrons. The molecule has 1 heterocycles. The van der Waals surface area contributed by atoms with E-state index in [1.807, 2.05) is 6.07 Å². The average molecular weight is 427 g/mol. The maximum absolute atomic E-state index is 12.2. The van der Waals surface area contributed by atoms with Crippen LogP contribution in [-0.2, 0) is 4.79 Å². The second kappa shape index (κ2) is 11.2. The Morgan fingerprint density at radius 1 is 1.00 bits per heavy atom. The maximum atomic E-state index is 12.2. The van der Waals surface area contributed by atoms with E-state index in [9.17, 15) is 4.79 Å². The van der Waals surface area contributed by atoms with Crippen LogP contribution in [0.15, 0.2) is 47.6 Å². The molecule has 0 aliphatic carbocycles. The molecule has 8 nitrogen and oxygen atoms in total. The van der Waals surface area contributed by atoms with E-state index in [1.165, 1.54) is 5.69 Å². The maximum Gasteiger partial charge on any atom is 0.241 e. The largest absolute Gasteiger partial charge is 0.493 e. The van der Waals surface area contributed by atoms with Gasteiger partial charge in [0.2, 0.25) is 11.7 Å². The van der Waals surface area contributed by atoms with Gasteiger partial charge in [0, 0.05) is 50.4 Å². The fourth-order valence-corrected chi connectivity index (χ4v) is 3.54. The van der Waals surface area contributed by atoms with Gasteiger partial charge in [0.05, 0.1) is 27.5 Å². The zero-order valence-electron chi connectivity index (χ0n) is 18.3. The number of methoxy groups -OCH3 is 3. The topological polar surface area (TPSA) is 75.6 Å². The van der Waals surface area contributed by atoms with Gasteiger partial charge in [-0.15, -0.1) is 0 Å². The van der Waals surface area contributed by atoms with Crippen LogP contribution in [0.1, 0.15) is 12.0 Å². The first-order valence-electron chi connectivity index (χ1n) is 10.3. The monoisotopic (exact) mass is 426 g/mol. The highest BCUT2D eigenvalue weighted by Gasteiger charge is 2.17. The van der Waals surface area contributed by atoms with Crippen molar-refractivity contribution in [3.63, 3.8) is 0 Å². The highest BCUT2D eigenvalue weighted by Crippen LogP contribution is 2.37. The van der Waals surface area contributed by atoms with Crippen molar-refractivity contribution in [2.75, 3.05) is 59.0 Å². The zero-order valence-corrected chi connectivity index (χ0v) is 18.3. The first-order chi connectivity index (χ1) is 15.1. The van der Waals surface area contributed by atoms with E-state index in [1.54, 1.807) is 39.7 Å². The summed E-state index contributed by atoms with van der Waals surface area (Å²) < 4.78 is 16.0. The van der Waals surface area contributed by atoms with Crippen LogP contribution in [0, 0.1) is 0 Å². The molecular weight excluding hydrogens is 396 g/mol. The van der Waals surface area contributed by atoms with Crippen LogP contribution in [0.25, 0.3) is 0 Å². The molecule has 1 aliphatic heterocycles. The number of hydrogen-bond acceptors (Lipinski definition) is 7. The SMILES string of the molecule is COc1cc(C=NNC(=O)CCN2CCN(c3ccccc3)CC2)cc(OC)c1OC. The Hall–Kier alpha value is -3.26. The van der Waals surface area contributed by atoms with Crippen molar-refractivity contribution in [1.29, 1.82) is 0 Å².